The lowest BCUT2D eigenvalue weighted by molar-refractivity contribution is -0.148. The third-order valence-corrected chi connectivity index (χ3v) is 3.89. The van der Waals surface area contributed by atoms with Crippen molar-refractivity contribution in [2.75, 3.05) is 0 Å². The van der Waals surface area contributed by atoms with Crippen molar-refractivity contribution in [3.63, 3.8) is 0 Å². The molecule has 1 saturated heterocycles. The molecule has 2 bridgehead atoms. The average Bonchev–Trinajstić information content (AvgIpc) is 2.94. The summed E-state index contributed by atoms with van der Waals surface area (Å²) >= 11 is 0. The van der Waals surface area contributed by atoms with Gasteiger partial charge in [0.15, 0.2) is 0 Å². The van der Waals surface area contributed by atoms with Crippen molar-refractivity contribution in [1.82, 2.24) is 5.48 Å². The van der Waals surface area contributed by atoms with Gasteiger partial charge in [-0.05, 0) is 0 Å². The first kappa shape index (κ1) is 15.7. The number of nitrogens with one attached hydrogen (secondary N) is 1. The van der Waals surface area contributed by atoms with Gasteiger partial charge in [0, 0.05) is 0 Å². The third kappa shape index (κ3) is 2.73. The normalized spacial score (nSPS) is 31.4. The van der Waals surface area contributed by atoms with Crippen molar-refractivity contribution >= 4 is 22.0 Å². The molecular formula is C9H8F3NO7S. The Bertz CT molecular complexity index is 599. The number of carboxylic acids is 1. The Kier molecular flexibility index (Phi) is 3.71. The highest BCUT2D eigenvalue weighted by Gasteiger charge is 2.54. The quantitative estimate of drug-likeness (QED) is 0.406. The smallest absolute Gasteiger partial charge is 0.481 e. The first-order chi connectivity index (χ1) is 9.54. The minimum absolute atomic E-state index is 0.900. The average molecular weight is 331 g/mol. The molecule has 12 heteroatoms. The van der Waals surface area contributed by atoms with Crippen LogP contribution in [0.15, 0.2) is 12.2 Å². The molecule has 4 unspecified atom stereocenters. The number of hydroxylamine groups is 1. The lowest BCUT2D eigenvalue weighted by Gasteiger charge is -2.20. The molecule has 1 fully saturated rings. The summed E-state index contributed by atoms with van der Waals surface area (Å²) in [7, 11) is -6.01. The number of rotatable bonds is 4. The minimum Gasteiger partial charge on any atom is -0.481 e. The second-order valence-corrected chi connectivity index (χ2v) is 5.83. The zero-order valence-corrected chi connectivity index (χ0v) is 10.7. The first-order valence-corrected chi connectivity index (χ1v) is 6.81. The second kappa shape index (κ2) is 4.96. The molecule has 2 heterocycles. The van der Waals surface area contributed by atoms with E-state index in [1.165, 1.54) is 12.2 Å². The molecule has 8 nitrogen and oxygen atoms in total. The van der Waals surface area contributed by atoms with E-state index in [-0.39, 0.29) is 0 Å². The summed E-state index contributed by atoms with van der Waals surface area (Å²) in [6, 6.07) is 0. The highest BCUT2D eigenvalue weighted by molar-refractivity contribution is 7.87. The summed E-state index contributed by atoms with van der Waals surface area (Å²) in [5, 5.41) is 8.98. The Morgan fingerprint density at radius 2 is 1.71 bits per heavy atom. The van der Waals surface area contributed by atoms with Gasteiger partial charge in [0.2, 0.25) is 0 Å². The number of aliphatic carboxylic acids is 1. The van der Waals surface area contributed by atoms with Crippen LogP contribution in [0.4, 0.5) is 13.2 Å². The number of hydrogen-bond donors (Lipinski definition) is 2. The van der Waals surface area contributed by atoms with Gasteiger partial charge in [0.25, 0.3) is 5.91 Å². The van der Waals surface area contributed by atoms with Crippen molar-refractivity contribution in [2.24, 2.45) is 11.8 Å². The van der Waals surface area contributed by atoms with Crippen LogP contribution in [0.2, 0.25) is 0 Å². The Hall–Kier alpha value is -1.66. The van der Waals surface area contributed by atoms with Gasteiger partial charge in [-0.3, -0.25) is 9.59 Å². The van der Waals surface area contributed by atoms with E-state index in [2.05, 4.69) is 4.28 Å². The predicted molar refractivity (Wildman–Crippen MR) is 56.6 cm³/mol. The van der Waals surface area contributed by atoms with Crippen LogP contribution in [0.5, 0.6) is 0 Å². The molecule has 1 amide bonds. The number of carboxylic acid groups (broad SMARTS) is 1. The molecule has 0 aromatic carbocycles. The molecule has 2 aliphatic rings. The molecule has 0 aromatic rings. The summed E-state index contributed by atoms with van der Waals surface area (Å²) in [6.45, 7) is 0. The molecule has 0 aromatic heterocycles. The number of amides is 1. The van der Waals surface area contributed by atoms with Gasteiger partial charge in [-0.1, -0.05) is 12.2 Å². The number of carbonyl (C=O) groups excluding carboxylic acids is 1. The summed E-state index contributed by atoms with van der Waals surface area (Å²) < 4.78 is 65.8. The van der Waals surface area contributed by atoms with Gasteiger partial charge in [-0.15, -0.1) is 4.28 Å². The van der Waals surface area contributed by atoms with Gasteiger partial charge in [-0.25, -0.2) is 5.48 Å². The van der Waals surface area contributed by atoms with E-state index in [4.69, 9.17) is 9.84 Å². The molecule has 0 radical (unpaired) electrons. The number of hydrogen-bond acceptors (Lipinski definition) is 6. The van der Waals surface area contributed by atoms with E-state index >= 15 is 0 Å². The van der Waals surface area contributed by atoms with Crippen LogP contribution in [0, 0.1) is 11.8 Å². The maximum atomic E-state index is 12.0. The van der Waals surface area contributed by atoms with Crippen molar-refractivity contribution in [1.29, 1.82) is 0 Å². The van der Waals surface area contributed by atoms with Crippen LogP contribution >= 0.6 is 0 Å². The van der Waals surface area contributed by atoms with Gasteiger partial charge < -0.3 is 9.84 Å². The third-order valence-electron chi connectivity index (χ3n) is 3.02. The molecule has 2 rings (SSSR count). The van der Waals surface area contributed by atoms with Gasteiger partial charge in [0.05, 0.1) is 18.1 Å². The van der Waals surface area contributed by atoms with Crippen LogP contribution in [0.25, 0.3) is 0 Å². The highest BCUT2D eigenvalue weighted by Crippen LogP contribution is 2.39. The van der Waals surface area contributed by atoms with Crippen LogP contribution in [-0.4, -0.2) is 43.1 Å². The number of ether oxygens (including phenoxy) is 1. The molecule has 2 N–H and O–H groups in total. The van der Waals surface area contributed by atoms with Crippen molar-refractivity contribution in [2.45, 2.75) is 17.7 Å². The predicted octanol–water partition coefficient (Wildman–Crippen LogP) is -0.462. The second-order valence-electron chi connectivity index (χ2n) is 4.29. The monoisotopic (exact) mass is 331 g/mol. The van der Waals surface area contributed by atoms with E-state index in [0.717, 1.165) is 5.48 Å². The zero-order chi connectivity index (χ0) is 16.0. The largest absolute Gasteiger partial charge is 0.525 e. The molecular weight excluding hydrogens is 323 g/mol. The van der Waals surface area contributed by atoms with Crippen LogP contribution in [0.1, 0.15) is 0 Å². The fourth-order valence-corrected chi connectivity index (χ4v) is 2.41. The van der Waals surface area contributed by atoms with Crippen molar-refractivity contribution in [3.8, 4) is 0 Å². The topological polar surface area (TPSA) is 119 Å². The molecule has 21 heavy (non-hydrogen) atoms. The SMILES string of the molecule is O=C(O)C1C2C=CC(O2)C1C(=O)NOS(=O)(=O)C(F)(F)F. The Morgan fingerprint density at radius 3 is 2.19 bits per heavy atom. The standard InChI is InChI=1S/C9H8F3NO7S/c10-9(11,12)21(17,18)20-13-7(14)5-3-1-2-4(19-3)6(5)8(15)16/h1-6H,(H,13,14)(H,15,16). The lowest BCUT2D eigenvalue weighted by Crippen LogP contribution is -2.44. The van der Waals surface area contributed by atoms with Crippen molar-refractivity contribution in [3.05, 3.63) is 12.2 Å². The summed E-state index contributed by atoms with van der Waals surface area (Å²) in [5.74, 6) is -5.45. The van der Waals surface area contributed by atoms with E-state index < -0.39 is 51.5 Å². The van der Waals surface area contributed by atoms with E-state index in [1.54, 1.807) is 0 Å². The van der Waals surface area contributed by atoms with Gasteiger partial charge in [-0.2, -0.15) is 21.6 Å². The molecule has 118 valence electrons. The zero-order valence-electron chi connectivity index (χ0n) is 9.90. The first-order valence-electron chi connectivity index (χ1n) is 5.41. The van der Waals surface area contributed by atoms with E-state index in [0.29, 0.717) is 0 Å². The maximum Gasteiger partial charge on any atom is 0.525 e. The highest BCUT2D eigenvalue weighted by atomic mass is 32.2. The fourth-order valence-electron chi connectivity index (χ4n) is 2.13. The summed E-state index contributed by atoms with van der Waals surface area (Å²) in [4.78, 5) is 22.7. The van der Waals surface area contributed by atoms with Gasteiger partial charge in [0.1, 0.15) is 5.92 Å². The molecule has 0 spiro atoms. The number of carbonyl (C=O) groups is 2. The molecule has 0 saturated carbocycles. The van der Waals surface area contributed by atoms with Crippen LogP contribution < -0.4 is 5.48 Å². The number of halogens is 3. The summed E-state index contributed by atoms with van der Waals surface area (Å²) in [5.41, 5.74) is -4.59. The Labute approximate surface area is 115 Å². The van der Waals surface area contributed by atoms with Crippen LogP contribution in [-0.2, 0) is 28.7 Å². The number of fused-ring (bicyclic) bond motifs is 2. The molecule has 2 aliphatic heterocycles. The van der Waals surface area contributed by atoms with Crippen molar-refractivity contribution < 1.29 is 45.3 Å². The fraction of sp³-hybridized carbons (Fsp3) is 0.556. The van der Waals surface area contributed by atoms with Crippen LogP contribution in [0.3, 0.4) is 0 Å². The lowest BCUT2D eigenvalue weighted by atomic mass is 9.82. The molecule has 4 atom stereocenters. The minimum atomic E-state index is -6.01. The Balaban J connectivity index is 2.08. The van der Waals surface area contributed by atoms with E-state index in [1.807, 2.05) is 0 Å². The van der Waals surface area contributed by atoms with E-state index in [9.17, 15) is 31.2 Å². The van der Waals surface area contributed by atoms with Gasteiger partial charge >= 0.3 is 21.6 Å². The summed E-state index contributed by atoms with van der Waals surface area (Å²) in [6.07, 6.45) is 0.906. The maximum absolute atomic E-state index is 12.0. The number of alkyl halides is 3. The molecule has 0 aliphatic carbocycles. The Morgan fingerprint density at radius 1 is 1.19 bits per heavy atom.